The van der Waals surface area contributed by atoms with Crippen LogP contribution >= 0.6 is 15.9 Å². The third kappa shape index (κ3) is 1.69. The van der Waals surface area contributed by atoms with Gasteiger partial charge in [0.2, 0.25) is 0 Å². The Bertz CT molecular complexity index is 306. The number of pyridine rings is 1. The summed E-state index contributed by atoms with van der Waals surface area (Å²) >= 11 is 3.17. The Labute approximate surface area is 72.8 Å². The first-order chi connectivity index (χ1) is 5.27. The average molecular weight is 213 g/mol. The lowest BCUT2D eigenvalue weighted by atomic mass is 10.3. The van der Waals surface area contributed by atoms with Gasteiger partial charge < -0.3 is 4.74 Å². The van der Waals surface area contributed by atoms with Gasteiger partial charge in [-0.05, 0) is 15.9 Å². The zero-order chi connectivity index (χ0) is 8.27. The molecule has 0 aliphatic rings. The summed E-state index contributed by atoms with van der Waals surface area (Å²) in [5, 5.41) is 8.49. The number of ether oxygens (including phenoxy) is 1. The zero-order valence-electron chi connectivity index (χ0n) is 5.84. The van der Waals surface area contributed by atoms with Crippen molar-refractivity contribution in [2.75, 3.05) is 7.11 Å². The van der Waals surface area contributed by atoms with E-state index in [1.165, 1.54) is 13.3 Å². The Hall–Kier alpha value is -1.08. The van der Waals surface area contributed by atoms with Crippen LogP contribution in [0.15, 0.2) is 16.9 Å². The molecular weight excluding hydrogens is 208 g/mol. The molecule has 0 saturated carbocycles. The predicted molar refractivity (Wildman–Crippen MR) is 43.2 cm³/mol. The smallest absolute Gasteiger partial charge is 0.152 e. The molecule has 0 spiro atoms. The molecule has 4 heteroatoms. The summed E-state index contributed by atoms with van der Waals surface area (Å²) in [6.45, 7) is 0. The van der Waals surface area contributed by atoms with Gasteiger partial charge in [-0.25, -0.2) is 4.98 Å². The van der Waals surface area contributed by atoms with Gasteiger partial charge in [-0.1, -0.05) is 0 Å². The van der Waals surface area contributed by atoms with E-state index in [9.17, 15) is 0 Å². The van der Waals surface area contributed by atoms with Crippen molar-refractivity contribution in [1.82, 2.24) is 4.98 Å². The van der Waals surface area contributed by atoms with Gasteiger partial charge in [0.05, 0.1) is 12.7 Å². The van der Waals surface area contributed by atoms with Crippen LogP contribution in [-0.2, 0) is 0 Å². The lowest BCUT2D eigenvalue weighted by molar-refractivity contribution is 0.409. The van der Waals surface area contributed by atoms with Crippen molar-refractivity contribution in [1.29, 1.82) is 5.26 Å². The topological polar surface area (TPSA) is 45.9 Å². The normalized spacial score (nSPS) is 8.82. The van der Waals surface area contributed by atoms with E-state index in [0.29, 0.717) is 15.9 Å². The van der Waals surface area contributed by atoms with Gasteiger partial charge in [-0.3, -0.25) is 0 Å². The van der Waals surface area contributed by atoms with Gasteiger partial charge in [0.1, 0.15) is 10.7 Å². The molecule has 0 N–H and O–H groups in total. The number of hydrogen-bond acceptors (Lipinski definition) is 3. The third-order valence-electron chi connectivity index (χ3n) is 1.16. The Kier molecular flexibility index (Phi) is 2.44. The van der Waals surface area contributed by atoms with Crippen LogP contribution in [0.5, 0.6) is 5.75 Å². The molecule has 0 fully saturated rings. The lowest BCUT2D eigenvalue weighted by Gasteiger charge is -2.00. The molecule has 56 valence electrons. The Morgan fingerprint density at radius 2 is 2.45 bits per heavy atom. The fourth-order valence-electron chi connectivity index (χ4n) is 0.632. The highest BCUT2D eigenvalue weighted by Gasteiger charge is 2.01. The molecule has 0 aliphatic carbocycles. The van der Waals surface area contributed by atoms with Crippen molar-refractivity contribution in [3.63, 3.8) is 0 Å². The number of methoxy groups -OCH3 is 1. The minimum absolute atomic E-state index is 0.491. The molecule has 3 nitrogen and oxygen atoms in total. The summed E-state index contributed by atoms with van der Waals surface area (Å²) in [4.78, 5) is 3.89. The largest absolute Gasteiger partial charge is 0.494 e. The van der Waals surface area contributed by atoms with E-state index in [-0.39, 0.29) is 0 Å². The van der Waals surface area contributed by atoms with Crippen LogP contribution in [0.2, 0.25) is 0 Å². The fourth-order valence-corrected chi connectivity index (χ4v) is 1.01. The SMILES string of the molecule is COc1cc(C#N)cnc1Br. The molecule has 0 unspecified atom stereocenters. The molecule has 0 atom stereocenters. The molecular formula is C7H5BrN2O. The standard InChI is InChI=1S/C7H5BrN2O/c1-11-6-2-5(3-9)4-10-7(6)8/h2,4H,1H3. The number of aromatic nitrogens is 1. The Morgan fingerprint density at radius 3 is 3.00 bits per heavy atom. The highest BCUT2D eigenvalue weighted by atomic mass is 79.9. The second-order valence-electron chi connectivity index (χ2n) is 1.83. The summed E-state index contributed by atoms with van der Waals surface area (Å²) in [5.74, 6) is 0.573. The van der Waals surface area contributed by atoms with Gasteiger partial charge in [0, 0.05) is 12.3 Å². The van der Waals surface area contributed by atoms with Gasteiger partial charge in [-0.15, -0.1) is 0 Å². The molecule has 0 saturated heterocycles. The van der Waals surface area contributed by atoms with Crippen LogP contribution in [-0.4, -0.2) is 12.1 Å². The number of hydrogen-bond donors (Lipinski definition) is 0. The molecule has 1 aromatic rings. The molecule has 0 bridgehead atoms. The highest BCUT2D eigenvalue weighted by molar-refractivity contribution is 9.10. The molecule has 11 heavy (non-hydrogen) atoms. The molecule has 0 aromatic carbocycles. The number of rotatable bonds is 1. The highest BCUT2D eigenvalue weighted by Crippen LogP contribution is 2.21. The summed E-state index contributed by atoms with van der Waals surface area (Å²) in [7, 11) is 1.53. The minimum atomic E-state index is 0.491. The van der Waals surface area contributed by atoms with Crippen molar-refractivity contribution in [2.24, 2.45) is 0 Å². The lowest BCUT2D eigenvalue weighted by Crippen LogP contribution is -1.88. The third-order valence-corrected chi connectivity index (χ3v) is 1.75. The van der Waals surface area contributed by atoms with E-state index in [1.807, 2.05) is 6.07 Å². The first kappa shape index (κ1) is 8.02. The van der Waals surface area contributed by atoms with Crippen molar-refractivity contribution in [3.8, 4) is 11.8 Å². The number of halogens is 1. The first-order valence-corrected chi connectivity index (χ1v) is 3.67. The van der Waals surface area contributed by atoms with E-state index in [1.54, 1.807) is 6.07 Å². The summed E-state index contributed by atoms with van der Waals surface area (Å²) in [6.07, 6.45) is 1.48. The van der Waals surface area contributed by atoms with Gasteiger partial charge in [-0.2, -0.15) is 5.26 Å². The van der Waals surface area contributed by atoms with Crippen molar-refractivity contribution >= 4 is 15.9 Å². The maximum Gasteiger partial charge on any atom is 0.152 e. The predicted octanol–water partition coefficient (Wildman–Crippen LogP) is 1.72. The number of nitriles is 1. The van der Waals surface area contributed by atoms with Crippen LogP contribution in [0.4, 0.5) is 0 Å². The molecule has 0 aliphatic heterocycles. The van der Waals surface area contributed by atoms with Crippen LogP contribution in [0.3, 0.4) is 0 Å². The maximum absolute atomic E-state index is 8.49. The summed E-state index contributed by atoms with van der Waals surface area (Å²) in [6, 6.07) is 3.59. The quantitative estimate of drug-likeness (QED) is 0.667. The van der Waals surface area contributed by atoms with Crippen molar-refractivity contribution in [2.45, 2.75) is 0 Å². The van der Waals surface area contributed by atoms with Crippen LogP contribution in [0, 0.1) is 11.3 Å². The first-order valence-electron chi connectivity index (χ1n) is 2.87. The van der Waals surface area contributed by atoms with E-state index in [4.69, 9.17) is 10.00 Å². The Balaban J connectivity index is 3.15. The van der Waals surface area contributed by atoms with Crippen molar-refractivity contribution in [3.05, 3.63) is 22.4 Å². The maximum atomic E-state index is 8.49. The number of nitrogens with zero attached hydrogens (tertiary/aromatic N) is 2. The van der Waals surface area contributed by atoms with Crippen LogP contribution < -0.4 is 4.74 Å². The van der Waals surface area contributed by atoms with E-state index in [0.717, 1.165) is 0 Å². The fraction of sp³-hybridized carbons (Fsp3) is 0.143. The monoisotopic (exact) mass is 212 g/mol. The van der Waals surface area contributed by atoms with Crippen LogP contribution in [0.25, 0.3) is 0 Å². The average Bonchev–Trinajstić information content (AvgIpc) is 2.05. The second kappa shape index (κ2) is 3.35. The van der Waals surface area contributed by atoms with Gasteiger partial charge in [0.15, 0.2) is 5.75 Å². The molecule has 0 radical (unpaired) electrons. The van der Waals surface area contributed by atoms with Crippen LogP contribution in [0.1, 0.15) is 5.56 Å². The minimum Gasteiger partial charge on any atom is -0.494 e. The Morgan fingerprint density at radius 1 is 1.73 bits per heavy atom. The van der Waals surface area contributed by atoms with E-state index < -0.39 is 0 Å². The second-order valence-corrected chi connectivity index (χ2v) is 2.58. The molecule has 1 heterocycles. The van der Waals surface area contributed by atoms with Gasteiger partial charge >= 0.3 is 0 Å². The summed E-state index contributed by atoms with van der Waals surface area (Å²) < 4.78 is 5.54. The van der Waals surface area contributed by atoms with Gasteiger partial charge in [0.25, 0.3) is 0 Å². The molecule has 1 aromatic heterocycles. The summed E-state index contributed by atoms with van der Waals surface area (Å²) in [5.41, 5.74) is 0.491. The molecule has 0 amide bonds. The van der Waals surface area contributed by atoms with Crippen molar-refractivity contribution < 1.29 is 4.74 Å². The van der Waals surface area contributed by atoms with E-state index in [2.05, 4.69) is 20.9 Å². The molecule has 1 rings (SSSR count). The zero-order valence-corrected chi connectivity index (χ0v) is 7.42. The van der Waals surface area contributed by atoms with E-state index >= 15 is 0 Å².